The highest BCUT2D eigenvalue weighted by Crippen LogP contribution is 2.39. The van der Waals surface area contributed by atoms with Crippen molar-refractivity contribution in [3.05, 3.63) is 35.4 Å². The fourth-order valence-electron chi connectivity index (χ4n) is 3.13. The molecule has 0 heterocycles. The predicted octanol–water partition coefficient (Wildman–Crippen LogP) is 4.29. The summed E-state index contributed by atoms with van der Waals surface area (Å²) in [7, 11) is 0. The van der Waals surface area contributed by atoms with Crippen LogP contribution in [0.2, 0.25) is 0 Å². The van der Waals surface area contributed by atoms with E-state index in [1.807, 2.05) is 0 Å². The summed E-state index contributed by atoms with van der Waals surface area (Å²) in [6.07, 6.45) is 6.95. The monoisotopic (exact) mass is 246 g/mol. The third-order valence-corrected chi connectivity index (χ3v) is 4.48. The molecule has 1 aromatic carbocycles. The molecular weight excluding hydrogens is 220 g/mol. The van der Waals surface area contributed by atoms with E-state index in [2.05, 4.69) is 38.1 Å². The van der Waals surface area contributed by atoms with Crippen LogP contribution in [-0.2, 0) is 6.42 Å². The summed E-state index contributed by atoms with van der Waals surface area (Å²) in [5.41, 5.74) is 2.82. The fourth-order valence-corrected chi connectivity index (χ4v) is 3.13. The molecule has 1 aliphatic carbocycles. The number of benzene rings is 1. The summed E-state index contributed by atoms with van der Waals surface area (Å²) in [6.45, 7) is 4.49. The summed E-state index contributed by atoms with van der Waals surface area (Å²) >= 11 is 0. The van der Waals surface area contributed by atoms with Gasteiger partial charge in [0.2, 0.25) is 0 Å². The lowest BCUT2D eigenvalue weighted by Gasteiger charge is -2.35. The maximum absolute atomic E-state index is 10.4. The molecule has 18 heavy (non-hydrogen) atoms. The molecule has 100 valence electrons. The SMILES string of the molecule is CCCCC(CC)CC(O)C1Cc2ccccc21. The van der Waals surface area contributed by atoms with Crippen molar-refractivity contribution in [2.45, 2.75) is 64.4 Å². The molecule has 0 saturated carbocycles. The lowest BCUT2D eigenvalue weighted by atomic mass is 9.72. The molecule has 1 nitrogen and oxygen atoms in total. The normalized spacial score (nSPS) is 20.9. The van der Waals surface area contributed by atoms with Crippen molar-refractivity contribution in [2.75, 3.05) is 0 Å². The zero-order valence-corrected chi connectivity index (χ0v) is 11.7. The Bertz CT molecular complexity index is 372. The second-order valence-electron chi connectivity index (χ2n) is 5.73. The molecule has 1 aromatic rings. The number of rotatable bonds is 7. The van der Waals surface area contributed by atoms with E-state index in [-0.39, 0.29) is 6.10 Å². The van der Waals surface area contributed by atoms with Gasteiger partial charge in [0.05, 0.1) is 6.10 Å². The quantitative estimate of drug-likeness (QED) is 0.760. The van der Waals surface area contributed by atoms with Crippen LogP contribution >= 0.6 is 0 Å². The predicted molar refractivity (Wildman–Crippen MR) is 76.8 cm³/mol. The van der Waals surface area contributed by atoms with Crippen LogP contribution in [-0.4, -0.2) is 11.2 Å². The van der Waals surface area contributed by atoms with Crippen LogP contribution in [0.25, 0.3) is 0 Å². The first kappa shape index (κ1) is 13.6. The number of hydrogen-bond acceptors (Lipinski definition) is 1. The Labute approximate surface area is 111 Å². The molecule has 3 atom stereocenters. The summed E-state index contributed by atoms with van der Waals surface area (Å²) in [5.74, 6) is 1.10. The molecular formula is C17H26O. The van der Waals surface area contributed by atoms with E-state index in [4.69, 9.17) is 0 Å². The Morgan fingerprint density at radius 1 is 1.28 bits per heavy atom. The number of fused-ring (bicyclic) bond motifs is 1. The number of hydrogen-bond donors (Lipinski definition) is 1. The Hall–Kier alpha value is -0.820. The van der Waals surface area contributed by atoms with Crippen LogP contribution < -0.4 is 0 Å². The second-order valence-corrected chi connectivity index (χ2v) is 5.73. The zero-order valence-electron chi connectivity index (χ0n) is 11.7. The van der Waals surface area contributed by atoms with Crippen molar-refractivity contribution in [3.8, 4) is 0 Å². The topological polar surface area (TPSA) is 20.2 Å². The first-order chi connectivity index (χ1) is 8.76. The molecule has 0 bridgehead atoms. The average Bonchev–Trinajstić information content (AvgIpc) is 2.36. The number of aliphatic hydroxyl groups excluding tert-OH is 1. The fraction of sp³-hybridized carbons (Fsp3) is 0.647. The van der Waals surface area contributed by atoms with E-state index in [0.29, 0.717) is 11.8 Å². The van der Waals surface area contributed by atoms with Gasteiger partial charge in [-0.15, -0.1) is 0 Å². The van der Waals surface area contributed by atoms with Gasteiger partial charge in [0.15, 0.2) is 0 Å². The highest BCUT2D eigenvalue weighted by molar-refractivity contribution is 5.40. The lowest BCUT2D eigenvalue weighted by molar-refractivity contribution is 0.101. The third-order valence-electron chi connectivity index (χ3n) is 4.48. The van der Waals surface area contributed by atoms with Crippen LogP contribution in [0.1, 0.15) is 63.0 Å². The molecule has 0 saturated heterocycles. The van der Waals surface area contributed by atoms with Crippen molar-refractivity contribution in [1.82, 2.24) is 0 Å². The van der Waals surface area contributed by atoms with E-state index < -0.39 is 0 Å². The van der Waals surface area contributed by atoms with Crippen LogP contribution in [0.5, 0.6) is 0 Å². The van der Waals surface area contributed by atoms with Gasteiger partial charge in [0, 0.05) is 5.92 Å². The van der Waals surface area contributed by atoms with E-state index in [1.165, 1.54) is 36.8 Å². The largest absolute Gasteiger partial charge is 0.392 e. The summed E-state index contributed by atoms with van der Waals surface area (Å²) in [5, 5.41) is 10.4. The van der Waals surface area contributed by atoms with E-state index >= 15 is 0 Å². The van der Waals surface area contributed by atoms with Crippen LogP contribution in [0.4, 0.5) is 0 Å². The minimum atomic E-state index is -0.137. The summed E-state index contributed by atoms with van der Waals surface area (Å²) in [4.78, 5) is 0. The molecule has 0 aromatic heterocycles. The van der Waals surface area contributed by atoms with Crippen molar-refractivity contribution in [1.29, 1.82) is 0 Å². The molecule has 0 radical (unpaired) electrons. The van der Waals surface area contributed by atoms with Gasteiger partial charge in [-0.25, -0.2) is 0 Å². The van der Waals surface area contributed by atoms with Gasteiger partial charge in [0.25, 0.3) is 0 Å². The van der Waals surface area contributed by atoms with Gasteiger partial charge in [-0.2, -0.15) is 0 Å². The van der Waals surface area contributed by atoms with Crippen molar-refractivity contribution in [2.24, 2.45) is 5.92 Å². The lowest BCUT2D eigenvalue weighted by Crippen LogP contribution is -2.30. The molecule has 0 aliphatic heterocycles. The van der Waals surface area contributed by atoms with Crippen LogP contribution in [0.15, 0.2) is 24.3 Å². The van der Waals surface area contributed by atoms with E-state index in [9.17, 15) is 5.11 Å². The molecule has 0 amide bonds. The van der Waals surface area contributed by atoms with Crippen molar-refractivity contribution in [3.63, 3.8) is 0 Å². The summed E-state index contributed by atoms with van der Waals surface area (Å²) in [6, 6.07) is 8.55. The Morgan fingerprint density at radius 2 is 2.06 bits per heavy atom. The van der Waals surface area contributed by atoms with Gasteiger partial charge in [-0.1, -0.05) is 63.8 Å². The Balaban J connectivity index is 1.87. The maximum atomic E-state index is 10.4. The van der Waals surface area contributed by atoms with Crippen LogP contribution in [0.3, 0.4) is 0 Å². The van der Waals surface area contributed by atoms with Gasteiger partial charge in [0.1, 0.15) is 0 Å². The van der Waals surface area contributed by atoms with E-state index in [1.54, 1.807) is 0 Å². The maximum Gasteiger partial charge on any atom is 0.0614 e. The summed E-state index contributed by atoms with van der Waals surface area (Å²) < 4.78 is 0. The molecule has 0 fully saturated rings. The molecule has 3 unspecified atom stereocenters. The molecule has 2 rings (SSSR count). The van der Waals surface area contributed by atoms with E-state index in [0.717, 1.165) is 12.8 Å². The van der Waals surface area contributed by atoms with Gasteiger partial charge < -0.3 is 5.11 Å². The number of unbranched alkanes of at least 4 members (excludes halogenated alkanes) is 1. The standard InChI is InChI=1S/C17H26O/c1-3-5-8-13(4-2)11-17(18)16-12-14-9-6-7-10-15(14)16/h6-7,9-10,13,16-18H,3-5,8,11-12H2,1-2H3. The van der Waals surface area contributed by atoms with Gasteiger partial charge in [-0.05, 0) is 29.9 Å². The average molecular weight is 246 g/mol. The van der Waals surface area contributed by atoms with Crippen LogP contribution in [0, 0.1) is 5.92 Å². The first-order valence-corrected chi connectivity index (χ1v) is 7.52. The number of aliphatic hydroxyl groups is 1. The molecule has 1 N–H and O–H groups in total. The Kier molecular flexibility index (Phi) is 4.82. The Morgan fingerprint density at radius 3 is 2.72 bits per heavy atom. The van der Waals surface area contributed by atoms with Gasteiger partial charge in [-0.3, -0.25) is 0 Å². The second kappa shape index (κ2) is 6.38. The molecule has 0 spiro atoms. The molecule has 1 heteroatoms. The molecule has 1 aliphatic rings. The highest BCUT2D eigenvalue weighted by Gasteiger charge is 2.32. The third kappa shape index (κ3) is 2.95. The smallest absolute Gasteiger partial charge is 0.0614 e. The zero-order chi connectivity index (χ0) is 13.0. The minimum Gasteiger partial charge on any atom is -0.392 e. The van der Waals surface area contributed by atoms with Crippen molar-refractivity contribution >= 4 is 0 Å². The van der Waals surface area contributed by atoms with Gasteiger partial charge >= 0.3 is 0 Å². The van der Waals surface area contributed by atoms with Crippen molar-refractivity contribution < 1.29 is 5.11 Å². The first-order valence-electron chi connectivity index (χ1n) is 7.52. The minimum absolute atomic E-state index is 0.137. The highest BCUT2D eigenvalue weighted by atomic mass is 16.3.